The van der Waals surface area contributed by atoms with E-state index in [9.17, 15) is 9.67 Å². The molecule has 2 fully saturated rings. The Hall–Kier alpha value is -2.09. The van der Waals surface area contributed by atoms with Crippen LogP contribution in [-0.4, -0.2) is 24.9 Å². The summed E-state index contributed by atoms with van der Waals surface area (Å²) in [5.74, 6) is 0.565. The van der Waals surface area contributed by atoms with Crippen LogP contribution in [0, 0.1) is 16.7 Å². The van der Waals surface area contributed by atoms with Crippen LogP contribution in [-0.2, 0) is 4.57 Å². The third-order valence-electron chi connectivity index (χ3n) is 8.65. The van der Waals surface area contributed by atoms with E-state index >= 15 is 0 Å². The van der Waals surface area contributed by atoms with Crippen LogP contribution in [0.5, 0.6) is 0 Å². The molecule has 3 aromatic rings. The van der Waals surface area contributed by atoms with Crippen LogP contribution in [0.1, 0.15) is 38.7 Å². The summed E-state index contributed by atoms with van der Waals surface area (Å²) in [5, 5.41) is 14.6. The van der Waals surface area contributed by atoms with Crippen LogP contribution >= 0.6 is 7.29 Å². The Morgan fingerprint density at radius 3 is 2.00 bits per heavy atom. The summed E-state index contributed by atoms with van der Waals surface area (Å²) >= 11 is -1.78. The molecule has 0 aromatic heterocycles. The molecule has 2 aliphatic carbocycles. The summed E-state index contributed by atoms with van der Waals surface area (Å²) < 4.78 is 20.2. The fraction of sp³-hybridized carbons (Fsp3) is 0.355. The minimum atomic E-state index is -3.17. The average Bonchev–Trinajstić information content (AvgIpc) is 3.25. The van der Waals surface area contributed by atoms with Gasteiger partial charge in [0.15, 0.2) is 0 Å². The molecule has 3 nitrogen and oxygen atoms in total. The van der Waals surface area contributed by atoms with Gasteiger partial charge in [-0.3, -0.25) is 0 Å². The van der Waals surface area contributed by atoms with E-state index in [1.807, 2.05) is 78.9 Å². The van der Waals surface area contributed by atoms with Crippen molar-refractivity contribution in [2.24, 2.45) is 20.5 Å². The summed E-state index contributed by atoms with van der Waals surface area (Å²) in [5.41, 5.74) is 1.11. The monoisotopic (exact) mass is 565 g/mol. The van der Waals surface area contributed by atoms with Crippen LogP contribution in [0.2, 0.25) is 10.6 Å². The van der Waals surface area contributed by atoms with Crippen molar-refractivity contribution in [3.05, 3.63) is 103 Å². The van der Waals surface area contributed by atoms with Gasteiger partial charge in [0.1, 0.15) is 0 Å². The molecule has 3 aromatic carbocycles. The zero-order chi connectivity index (χ0) is 25.2. The van der Waals surface area contributed by atoms with Crippen LogP contribution in [0.25, 0.3) is 6.08 Å². The van der Waals surface area contributed by atoms with Gasteiger partial charge >= 0.3 is 220 Å². The Bertz CT molecular complexity index is 1250. The van der Waals surface area contributed by atoms with Gasteiger partial charge in [-0.2, -0.15) is 0 Å². The summed E-state index contributed by atoms with van der Waals surface area (Å²) in [6.07, 6.45) is 7.20. The first kappa shape index (κ1) is 25.6. The van der Waals surface area contributed by atoms with Crippen molar-refractivity contribution in [1.82, 2.24) is 0 Å². The third kappa shape index (κ3) is 4.66. The first-order valence-electron chi connectivity index (χ1n) is 12.9. The van der Waals surface area contributed by atoms with E-state index in [2.05, 4.69) is 38.1 Å². The third-order valence-corrected chi connectivity index (χ3v) is 17.0. The van der Waals surface area contributed by atoms with Crippen LogP contribution in [0.15, 0.2) is 101 Å². The number of fused-ring (bicyclic) bond motifs is 2. The molecule has 4 atom stereocenters. The maximum absolute atomic E-state index is 14.9. The molecule has 0 saturated heterocycles. The molecule has 2 bridgehead atoms. The molecule has 2 saturated carbocycles. The Kier molecular flexibility index (Phi) is 7.34. The van der Waals surface area contributed by atoms with E-state index in [1.165, 1.54) is 6.42 Å². The van der Waals surface area contributed by atoms with Gasteiger partial charge in [-0.05, 0) is 0 Å². The molecule has 188 valence electrons. The van der Waals surface area contributed by atoms with E-state index < -0.39 is 21.0 Å². The number of aliphatic hydroxyl groups excluding tert-OH is 1. The quantitative estimate of drug-likeness (QED) is 0.235. The van der Waals surface area contributed by atoms with Crippen molar-refractivity contribution >= 4 is 37.7 Å². The predicted molar refractivity (Wildman–Crippen MR) is 153 cm³/mol. The first-order chi connectivity index (χ1) is 17.3. The number of hydrogen-bond donors (Lipinski definition) is 1. The zero-order valence-electron chi connectivity index (χ0n) is 21.2. The molecule has 5 heteroatoms. The van der Waals surface area contributed by atoms with Crippen molar-refractivity contribution < 1.29 is 9.67 Å². The minimum absolute atomic E-state index is 0.0797. The van der Waals surface area contributed by atoms with Gasteiger partial charge in [0, 0.05) is 0 Å². The Morgan fingerprint density at radius 2 is 1.50 bits per heavy atom. The first-order valence-corrected chi connectivity index (χ1v) is 17.7. The number of benzene rings is 3. The summed E-state index contributed by atoms with van der Waals surface area (Å²) in [4.78, 5) is 0. The standard InChI is InChI=1S/C31H36NO2PSe/c1-30(2)26-20-21-31(30,29(33)23-26)24-36(22-12-15-25-13-6-3-7-14-25)32-35(34,27-16-8-4-9-17-27)28-18-10-5-11-19-28/h3-19,26,29,33H,20-24H2,1-2H3/b15-12+. The summed E-state index contributed by atoms with van der Waals surface area (Å²) in [6, 6.07) is 29.9. The molecule has 0 spiro atoms. The molecule has 2 aliphatic rings. The van der Waals surface area contributed by atoms with Crippen molar-refractivity contribution in [2.45, 2.75) is 49.9 Å². The summed E-state index contributed by atoms with van der Waals surface area (Å²) in [6.45, 7) is 4.69. The second-order valence-electron chi connectivity index (χ2n) is 10.8. The Morgan fingerprint density at radius 1 is 0.944 bits per heavy atom. The number of aliphatic hydroxyl groups is 1. The number of hydrogen-bond acceptors (Lipinski definition) is 2. The van der Waals surface area contributed by atoms with Gasteiger partial charge in [-0.15, -0.1) is 0 Å². The molecule has 0 heterocycles. The van der Waals surface area contributed by atoms with Crippen LogP contribution < -0.4 is 10.6 Å². The fourth-order valence-electron chi connectivity index (χ4n) is 6.32. The van der Waals surface area contributed by atoms with Gasteiger partial charge in [-0.1, -0.05) is 0 Å². The molecule has 0 amide bonds. The molecule has 36 heavy (non-hydrogen) atoms. The van der Waals surface area contributed by atoms with Gasteiger partial charge in [0.05, 0.1) is 0 Å². The SMILES string of the molecule is CC1(C)C2CCC1(C/[Se](C/C=C/c1ccccc1)=N/P(=O)(c1ccccc1)c1ccccc1)C(O)C2. The second-order valence-corrected chi connectivity index (χ2v) is 17.4. The topological polar surface area (TPSA) is 49.7 Å². The summed E-state index contributed by atoms with van der Waals surface area (Å²) in [7, 11) is -3.17. The fourth-order valence-corrected chi connectivity index (χ4v) is 16.1. The van der Waals surface area contributed by atoms with Gasteiger partial charge in [-0.25, -0.2) is 0 Å². The average molecular weight is 565 g/mol. The molecule has 5 rings (SSSR count). The van der Waals surface area contributed by atoms with Crippen molar-refractivity contribution in [1.29, 1.82) is 0 Å². The molecule has 1 N–H and O–H groups in total. The molecular weight excluding hydrogens is 528 g/mol. The number of nitrogens with zero attached hydrogens (tertiary/aromatic N) is 1. The van der Waals surface area contributed by atoms with E-state index in [-0.39, 0.29) is 16.9 Å². The zero-order valence-corrected chi connectivity index (χ0v) is 23.8. The van der Waals surface area contributed by atoms with Crippen molar-refractivity contribution in [3.8, 4) is 0 Å². The van der Waals surface area contributed by atoms with Crippen molar-refractivity contribution in [2.75, 3.05) is 0 Å². The number of allylic oxidation sites excluding steroid dienone is 1. The van der Waals surface area contributed by atoms with Gasteiger partial charge in [0.25, 0.3) is 0 Å². The molecular formula is C31H36NO2PSe. The Labute approximate surface area is 219 Å². The predicted octanol–water partition coefficient (Wildman–Crippen LogP) is 7.08. The van der Waals surface area contributed by atoms with E-state index in [0.29, 0.717) is 5.92 Å². The number of rotatable bonds is 8. The Balaban J connectivity index is 1.59. The van der Waals surface area contributed by atoms with Crippen molar-refractivity contribution in [3.63, 3.8) is 0 Å². The van der Waals surface area contributed by atoms with Crippen LogP contribution in [0.4, 0.5) is 0 Å². The van der Waals surface area contributed by atoms with Gasteiger partial charge < -0.3 is 0 Å². The molecule has 0 radical (unpaired) electrons. The normalized spacial score (nSPS) is 26.0. The van der Waals surface area contributed by atoms with E-state index in [1.54, 1.807) is 0 Å². The van der Waals surface area contributed by atoms with Crippen LogP contribution in [0.3, 0.4) is 0 Å². The molecule has 4 unspecified atom stereocenters. The maximum atomic E-state index is 14.9. The van der Waals surface area contributed by atoms with E-state index in [4.69, 9.17) is 3.73 Å². The van der Waals surface area contributed by atoms with Gasteiger partial charge in [0.2, 0.25) is 0 Å². The second kappa shape index (κ2) is 10.3. The van der Waals surface area contributed by atoms with E-state index in [0.717, 1.165) is 39.7 Å². The molecule has 0 aliphatic heterocycles.